The number of esters is 1. The Labute approximate surface area is 234 Å². The smallest absolute Gasteiger partial charge is 0.407 e. The van der Waals surface area contributed by atoms with Crippen LogP contribution in [0.25, 0.3) is 11.1 Å². The van der Waals surface area contributed by atoms with Gasteiger partial charge in [-0.05, 0) is 48.6 Å². The number of rotatable bonds is 10. The highest BCUT2D eigenvalue weighted by molar-refractivity contribution is 5.82. The zero-order valence-corrected chi connectivity index (χ0v) is 23.2. The van der Waals surface area contributed by atoms with Crippen LogP contribution in [0.3, 0.4) is 0 Å². The predicted molar refractivity (Wildman–Crippen MR) is 150 cm³/mol. The van der Waals surface area contributed by atoms with Crippen LogP contribution in [0.1, 0.15) is 50.3 Å². The summed E-state index contributed by atoms with van der Waals surface area (Å²) in [5.74, 6) is -0.423. The number of benzene rings is 2. The van der Waals surface area contributed by atoms with E-state index in [0.29, 0.717) is 18.0 Å². The van der Waals surface area contributed by atoms with Gasteiger partial charge in [-0.25, -0.2) is 14.6 Å². The van der Waals surface area contributed by atoms with Gasteiger partial charge in [0.25, 0.3) is 0 Å². The maximum atomic E-state index is 13.0. The minimum absolute atomic E-state index is 0.0967. The van der Waals surface area contributed by atoms with Gasteiger partial charge < -0.3 is 24.8 Å². The Morgan fingerprint density at radius 3 is 2.17 bits per heavy atom. The zero-order valence-electron chi connectivity index (χ0n) is 23.2. The number of pyridine rings is 1. The average molecular weight is 546 g/mol. The van der Waals surface area contributed by atoms with Crippen molar-refractivity contribution in [2.45, 2.75) is 51.7 Å². The highest BCUT2D eigenvalue weighted by Crippen LogP contribution is 2.44. The fraction of sp³-hybridized carbons (Fsp3) is 0.355. The number of alkyl carbamates (subject to hydrolysis) is 1. The van der Waals surface area contributed by atoms with Gasteiger partial charge in [-0.2, -0.15) is 0 Å². The van der Waals surface area contributed by atoms with Gasteiger partial charge in [-0.1, -0.05) is 54.6 Å². The fourth-order valence-electron chi connectivity index (χ4n) is 4.58. The number of hydrogen-bond acceptors (Lipinski definition) is 7. The van der Waals surface area contributed by atoms with Gasteiger partial charge >= 0.3 is 12.1 Å². The van der Waals surface area contributed by atoms with Crippen molar-refractivity contribution in [3.63, 3.8) is 0 Å². The number of hydrogen-bond donors (Lipinski definition) is 2. The van der Waals surface area contributed by atoms with Crippen molar-refractivity contribution in [3.05, 3.63) is 83.6 Å². The van der Waals surface area contributed by atoms with Crippen LogP contribution in [0, 0.1) is 0 Å². The van der Waals surface area contributed by atoms with Crippen LogP contribution in [0.4, 0.5) is 4.79 Å². The summed E-state index contributed by atoms with van der Waals surface area (Å²) < 4.78 is 16.7. The Balaban J connectivity index is 1.40. The fourth-order valence-corrected chi connectivity index (χ4v) is 4.58. The van der Waals surface area contributed by atoms with E-state index in [-0.39, 0.29) is 31.5 Å². The molecule has 1 aliphatic carbocycles. The molecule has 210 valence electrons. The summed E-state index contributed by atoms with van der Waals surface area (Å²) in [7, 11) is 0. The number of aromatic nitrogens is 1. The number of ether oxygens (including phenoxy) is 3. The van der Waals surface area contributed by atoms with Crippen LogP contribution in [0.2, 0.25) is 0 Å². The molecular weight excluding hydrogens is 510 g/mol. The molecule has 2 aromatic carbocycles. The molecule has 3 aromatic rings. The first-order chi connectivity index (χ1) is 19.1. The highest BCUT2D eigenvalue weighted by atomic mass is 16.6. The Kier molecular flexibility index (Phi) is 9.04. The summed E-state index contributed by atoms with van der Waals surface area (Å²) in [5.41, 5.74) is 4.44. The van der Waals surface area contributed by atoms with E-state index in [9.17, 15) is 14.4 Å². The third-order valence-electron chi connectivity index (χ3n) is 6.29. The van der Waals surface area contributed by atoms with E-state index in [1.807, 2.05) is 36.4 Å². The number of amides is 2. The average Bonchev–Trinajstić information content (AvgIpc) is 3.23. The second kappa shape index (κ2) is 12.6. The van der Waals surface area contributed by atoms with Crippen LogP contribution in [-0.4, -0.2) is 54.4 Å². The molecule has 4 rings (SSSR count). The molecular formula is C31H35N3O6. The SMILES string of the molecule is CC(=O)NCCOc1ccc(C[C@H](NC(=O)OCC2c3ccccc3-c3ccccc32)C(=O)OC(C)(C)C)cn1. The molecule has 1 aliphatic rings. The maximum absolute atomic E-state index is 13.0. The molecule has 9 nitrogen and oxygen atoms in total. The van der Waals surface area contributed by atoms with Crippen molar-refractivity contribution in [1.29, 1.82) is 0 Å². The van der Waals surface area contributed by atoms with Crippen molar-refractivity contribution < 1.29 is 28.6 Å². The predicted octanol–water partition coefficient (Wildman–Crippen LogP) is 4.39. The van der Waals surface area contributed by atoms with Gasteiger partial charge in [0, 0.05) is 31.5 Å². The molecule has 40 heavy (non-hydrogen) atoms. The van der Waals surface area contributed by atoms with Gasteiger partial charge in [-0.15, -0.1) is 0 Å². The lowest BCUT2D eigenvalue weighted by molar-refractivity contribution is -0.157. The number of nitrogens with one attached hydrogen (secondary N) is 2. The summed E-state index contributed by atoms with van der Waals surface area (Å²) in [6.45, 7) is 7.51. The number of fused-ring (bicyclic) bond motifs is 3. The van der Waals surface area contributed by atoms with Gasteiger partial charge in [0.05, 0.1) is 6.54 Å². The molecule has 0 fully saturated rings. The first-order valence-electron chi connectivity index (χ1n) is 13.3. The molecule has 1 heterocycles. The van der Waals surface area contributed by atoms with E-state index in [1.165, 1.54) is 6.92 Å². The summed E-state index contributed by atoms with van der Waals surface area (Å²) in [5, 5.41) is 5.34. The van der Waals surface area contributed by atoms with Gasteiger partial charge in [-0.3, -0.25) is 4.79 Å². The van der Waals surface area contributed by atoms with E-state index in [4.69, 9.17) is 14.2 Å². The zero-order chi connectivity index (χ0) is 28.7. The first-order valence-corrected chi connectivity index (χ1v) is 13.3. The molecule has 1 aromatic heterocycles. The number of nitrogens with zero attached hydrogens (tertiary/aromatic N) is 1. The molecule has 2 amide bonds. The van der Waals surface area contributed by atoms with Crippen molar-refractivity contribution >= 4 is 18.0 Å². The third kappa shape index (κ3) is 7.59. The third-order valence-corrected chi connectivity index (χ3v) is 6.29. The number of carbonyl (C=O) groups is 3. The van der Waals surface area contributed by atoms with Crippen molar-refractivity contribution in [1.82, 2.24) is 15.6 Å². The number of carbonyl (C=O) groups excluding carboxylic acids is 3. The van der Waals surface area contributed by atoms with Crippen molar-refractivity contribution in [2.75, 3.05) is 19.8 Å². The summed E-state index contributed by atoms with van der Waals surface area (Å²) in [6.07, 6.45) is 1.02. The lowest BCUT2D eigenvalue weighted by Gasteiger charge is -2.25. The van der Waals surface area contributed by atoms with Crippen LogP contribution >= 0.6 is 0 Å². The van der Waals surface area contributed by atoms with Crippen molar-refractivity contribution in [3.8, 4) is 17.0 Å². The monoisotopic (exact) mass is 545 g/mol. The van der Waals surface area contributed by atoms with E-state index in [0.717, 1.165) is 22.3 Å². The quantitative estimate of drug-likeness (QED) is 0.287. The summed E-state index contributed by atoms with van der Waals surface area (Å²) in [4.78, 5) is 41.2. The second-order valence-electron chi connectivity index (χ2n) is 10.6. The molecule has 0 bridgehead atoms. The second-order valence-corrected chi connectivity index (χ2v) is 10.6. The highest BCUT2D eigenvalue weighted by Gasteiger charge is 2.31. The van der Waals surface area contributed by atoms with Crippen LogP contribution in [0.15, 0.2) is 66.9 Å². The topological polar surface area (TPSA) is 116 Å². The van der Waals surface area contributed by atoms with Gasteiger partial charge in [0.1, 0.15) is 24.9 Å². The summed E-state index contributed by atoms with van der Waals surface area (Å²) >= 11 is 0. The lowest BCUT2D eigenvalue weighted by atomic mass is 9.98. The lowest BCUT2D eigenvalue weighted by Crippen LogP contribution is -2.46. The standard InChI is InChI=1S/C31H35N3O6/c1-20(35)32-15-16-38-28-14-13-21(18-33-28)17-27(29(36)40-31(2,3)4)34-30(37)39-19-26-24-11-7-5-9-22(24)23-10-6-8-12-25(23)26/h5-14,18,26-27H,15-17,19H2,1-4H3,(H,32,35)(H,34,37)/t27-/m0/s1. The Morgan fingerprint density at radius 2 is 1.60 bits per heavy atom. The Hall–Kier alpha value is -4.40. The minimum atomic E-state index is -0.983. The summed E-state index contributed by atoms with van der Waals surface area (Å²) in [6, 6.07) is 18.6. The molecule has 9 heteroatoms. The van der Waals surface area contributed by atoms with E-state index < -0.39 is 23.7 Å². The molecule has 0 saturated carbocycles. The van der Waals surface area contributed by atoms with E-state index >= 15 is 0 Å². The molecule has 0 radical (unpaired) electrons. The molecule has 0 saturated heterocycles. The van der Waals surface area contributed by atoms with Gasteiger partial charge in [0.15, 0.2) is 0 Å². The molecule has 0 unspecified atom stereocenters. The Bertz CT molecular complexity index is 1300. The van der Waals surface area contributed by atoms with Crippen LogP contribution in [-0.2, 0) is 25.5 Å². The van der Waals surface area contributed by atoms with Crippen molar-refractivity contribution in [2.24, 2.45) is 0 Å². The maximum Gasteiger partial charge on any atom is 0.407 e. The molecule has 1 atom stereocenters. The van der Waals surface area contributed by atoms with E-state index in [1.54, 1.807) is 39.1 Å². The Morgan fingerprint density at radius 1 is 0.950 bits per heavy atom. The minimum Gasteiger partial charge on any atom is -0.476 e. The molecule has 0 aliphatic heterocycles. The largest absolute Gasteiger partial charge is 0.476 e. The molecule has 2 N–H and O–H groups in total. The van der Waals surface area contributed by atoms with Crippen LogP contribution < -0.4 is 15.4 Å². The normalized spacial score (nSPS) is 13.0. The molecule has 0 spiro atoms. The van der Waals surface area contributed by atoms with Crippen LogP contribution in [0.5, 0.6) is 5.88 Å². The van der Waals surface area contributed by atoms with Gasteiger partial charge in [0.2, 0.25) is 11.8 Å². The first kappa shape index (κ1) is 28.6. The van der Waals surface area contributed by atoms with E-state index in [2.05, 4.69) is 27.8 Å².